The van der Waals surface area contributed by atoms with E-state index >= 15 is 0 Å². The van der Waals surface area contributed by atoms with Crippen molar-refractivity contribution in [3.63, 3.8) is 0 Å². The van der Waals surface area contributed by atoms with Crippen molar-refractivity contribution in [2.45, 2.75) is 32.2 Å². The normalized spacial score (nSPS) is 11.6. The zero-order valence-electron chi connectivity index (χ0n) is 17.2. The largest absolute Gasteiger partial charge is 0.348 e. The highest BCUT2D eigenvalue weighted by Gasteiger charge is 2.23. The molecule has 0 unspecified atom stereocenters. The molecule has 8 nitrogen and oxygen atoms in total. The van der Waals surface area contributed by atoms with Crippen molar-refractivity contribution in [2.24, 2.45) is 0 Å². The minimum Gasteiger partial charge on any atom is -0.348 e. The number of benzene rings is 2. The lowest BCUT2D eigenvalue weighted by molar-refractivity contribution is 0.0950. The van der Waals surface area contributed by atoms with Gasteiger partial charge in [-0.05, 0) is 42.3 Å². The van der Waals surface area contributed by atoms with E-state index in [0.717, 1.165) is 11.3 Å². The topological polar surface area (TPSA) is 97.2 Å². The number of hydrogen-bond acceptors (Lipinski definition) is 5. The average molecular weight is 428 g/mol. The van der Waals surface area contributed by atoms with Gasteiger partial charge in [0.15, 0.2) is 0 Å². The minimum atomic E-state index is -3.63. The van der Waals surface area contributed by atoms with Crippen LogP contribution in [0.25, 0.3) is 5.69 Å². The van der Waals surface area contributed by atoms with E-state index in [9.17, 15) is 13.2 Å². The number of hydrogen-bond donors (Lipinski definition) is 1. The van der Waals surface area contributed by atoms with E-state index < -0.39 is 10.0 Å². The highest BCUT2D eigenvalue weighted by Crippen LogP contribution is 2.20. The van der Waals surface area contributed by atoms with Gasteiger partial charge in [0.25, 0.3) is 5.91 Å². The predicted octanol–water partition coefficient (Wildman–Crippen LogP) is 2.54. The first-order valence-electron chi connectivity index (χ1n) is 9.69. The zero-order valence-corrected chi connectivity index (χ0v) is 18.1. The van der Waals surface area contributed by atoms with Gasteiger partial charge in [0.2, 0.25) is 10.0 Å². The molecule has 1 heterocycles. The Morgan fingerprint density at radius 3 is 2.40 bits per heavy atom. The molecule has 0 aliphatic heterocycles. The average Bonchev–Trinajstić information content (AvgIpc) is 3.28. The summed E-state index contributed by atoms with van der Waals surface area (Å²) in [7, 11) is -3.63. The molecule has 0 saturated carbocycles. The summed E-state index contributed by atoms with van der Waals surface area (Å²) in [6.07, 6.45) is 3.07. The fraction of sp³-hybridized carbons (Fsp3) is 0.286. The van der Waals surface area contributed by atoms with Crippen LogP contribution >= 0.6 is 0 Å². The third-order valence-electron chi connectivity index (χ3n) is 4.87. The van der Waals surface area contributed by atoms with E-state index in [1.807, 2.05) is 24.3 Å². The van der Waals surface area contributed by atoms with Crippen LogP contribution in [0.1, 0.15) is 35.3 Å². The number of aromatic nitrogens is 3. The molecule has 0 spiro atoms. The van der Waals surface area contributed by atoms with Crippen molar-refractivity contribution in [2.75, 3.05) is 13.1 Å². The quantitative estimate of drug-likeness (QED) is 0.596. The molecule has 0 atom stereocenters. The maximum Gasteiger partial charge on any atom is 0.251 e. The van der Waals surface area contributed by atoms with Crippen LogP contribution in [-0.4, -0.2) is 46.5 Å². The fourth-order valence-electron chi connectivity index (χ4n) is 3.10. The second-order valence-electron chi connectivity index (χ2n) is 6.76. The van der Waals surface area contributed by atoms with Gasteiger partial charge in [0, 0.05) is 25.2 Å². The number of amides is 1. The predicted molar refractivity (Wildman–Crippen MR) is 114 cm³/mol. The van der Waals surface area contributed by atoms with E-state index in [4.69, 9.17) is 0 Å². The van der Waals surface area contributed by atoms with Crippen LogP contribution in [0.15, 0.2) is 60.0 Å². The summed E-state index contributed by atoms with van der Waals surface area (Å²) in [5.74, 6) is -0.315. The molecule has 0 fully saturated rings. The van der Waals surface area contributed by atoms with Crippen molar-refractivity contribution in [1.29, 1.82) is 0 Å². The second-order valence-corrected chi connectivity index (χ2v) is 8.69. The Bertz CT molecular complexity index is 1110. The number of nitrogens with one attached hydrogen (secondary N) is 1. The van der Waals surface area contributed by atoms with E-state index in [-0.39, 0.29) is 10.8 Å². The number of sulfonamides is 1. The summed E-state index contributed by atoms with van der Waals surface area (Å²) in [5.41, 5.74) is 2.85. The molecule has 0 radical (unpaired) electrons. The standard InChI is InChI=1S/C21H25N5O3S/c1-4-25(5-2)30(28,29)19-11-6-16(3)20(12-19)21(27)23-13-17-7-9-18(10-8-17)26-15-22-14-24-26/h6-12,14-15H,4-5,13H2,1-3H3,(H,23,27). The van der Waals surface area contributed by atoms with E-state index in [2.05, 4.69) is 15.4 Å². The molecule has 9 heteroatoms. The Labute approximate surface area is 176 Å². The molecule has 0 saturated heterocycles. The monoisotopic (exact) mass is 427 g/mol. The maximum absolute atomic E-state index is 12.8. The third-order valence-corrected chi connectivity index (χ3v) is 6.92. The highest BCUT2D eigenvalue weighted by molar-refractivity contribution is 7.89. The number of aryl methyl sites for hydroxylation is 1. The van der Waals surface area contributed by atoms with Crippen molar-refractivity contribution < 1.29 is 13.2 Å². The number of rotatable bonds is 8. The first kappa shape index (κ1) is 21.7. The third kappa shape index (κ3) is 4.58. The molecular formula is C21H25N5O3S. The van der Waals surface area contributed by atoms with Crippen LogP contribution in [0.3, 0.4) is 0 Å². The summed E-state index contributed by atoms with van der Waals surface area (Å²) in [6.45, 7) is 6.43. The highest BCUT2D eigenvalue weighted by atomic mass is 32.2. The maximum atomic E-state index is 12.8. The van der Waals surface area contributed by atoms with Crippen LogP contribution in [0.4, 0.5) is 0 Å². The Hall–Kier alpha value is -3.04. The van der Waals surface area contributed by atoms with Gasteiger partial charge >= 0.3 is 0 Å². The molecule has 30 heavy (non-hydrogen) atoms. The van der Waals surface area contributed by atoms with Gasteiger partial charge in [-0.1, -0.05) is 32.0 Å². The lowest BCUT2D eigenvalue weighted by Gasteiger charge is -2.19. The number of carbonyl (C=O) groups is 1. The lowest BCUT2D eigenvalue weighted by Crippen LogP contribution is -2.31. The first-order valence-corrected chi connectivity index (χ1v) is 11.1. The SMILES string of the molecule is CCN(CC)S(=O)(=O)c1ccc(C)c(C(=O)NCc2ccc(-n3cncn3)cc2)c1. The van der Waals surface area contributed by atoms with Crippen LogP contribution in [0.2, 0.25) is 0 Å². The van der Waals surface area contributed by atoms with Crippen LogP contribution in [0.5, 0.6) is 0 Å². The molecule has 158 valence electrons. The molecule has 1 amide bonds. The van der Waals surface area contributed by atoms with E-state index in [1.165, 1.54) is 16.7 Å². The van der Waals surface area contributed by atoms with Gasteiger partial charge in [-0.3, -0.25) is 4.79 Å². The van der Waals surface area contributed by atoms with Crippen molar-refractivity contribution >= 4 is 15.9 Å². The smallest absolute Gasteiger partial charge is 0.251 e. The van der Waals surface area contributed by atoms with E-state index in [0.29, 0.717) is 30.8 Å². The Kier molecular flexibility index (Phi) is 6.63. The molecule has 0 aliphatic carbocycles. The summed E-state index contributed by atoms with van der Waals surface area (Å²) in [6, 6.07) is 12.2. The Morgan fingerprint density at radius 2 is 1.80 bits per heavy atom. The molecule has 1 N–H and O–H groups in total. The van der Waals surface area contributed by atoms with Gasteiger partial charge < -0.3 is 5.32 Å². The zero-order chi connectivity index (χ0) is 21.7. The van der Waals surface area contributed by atoms with E-state index in [1.54, 1.807) is 43.9 Å². The number of nitrogens with zero attached hydrogens (tertiary/aromatic N) is 4. The molecule has 2 aromatic carbocycles. The van der Waals surface area contributed by atoms with Crippen LogP contribution < -0.4 is 5.32 Å². The molecule has 3 aromatic rings. The fourth-order valence-corrected chi connectivity index (χ4v) is 4.59. The molecule has 0 bridgehead atoms. The van der Waals surface area contributed by atoms with Crippen LogP contribution in [0, 0.1) is 6.92 Å². The Balaban J connectivity index is 1.74. The van der Waals surface area contributed by atoms with Crippen LogP contribution in [-0.2, 0) is 16.6 Å². The second kappa shape index (κ2) is 9.19. The van der Waals surface area contributed by atoms with Crippen molar-refractivity contribution in [3.05, 3.63) is 71.8 Å². The summed E-state index contributed by atoms with van der Waals surface area (Å²) in [5, 5.41) is 6.94. The Morgan fingerprint density at radius 1 is 1.10 bits per heavy atom. The van der Waals surface area contributed by atoms with Gasteiger partial charge in [0.05, 0.1) is 10.6 Å². The molecule has 3 rings (SSSR count). The van der Waals surface area contributed by atoms with Crippen molar-refractivity contribution in [1.82, 2.24) is 24.4 Å². The van der Waals surface area contributed by atoms with Gasteiger partial charge in [0.1, 0.15) is 12.7 Å². The molecular weight excluding hydrogens is 402 g/mol. The summed E-state index contributed by atoms with van der Waals surface area (Å²) < 4.78 is 28.6. The minimum absolute atomic E-state index is 0.124. The van der Waals surface area contributed by atoms with Crippen molar-refractivity contribution in [3.8, 4) is 5.69 Å². The van der Waals surface area contributed by atoms with Gasteiger partial charge in [-0.15, -0.1) is 0 Å². The molecule has 1 aromatic heterocycles. The summed E-state index contributed by atoms with van der Waals surface area (Å²) >= 11 is 0. The number of carbonyl (C=O) groups excluding carboxylic acids is 1. The van der Waals surface area contributed by atoms with Gasteiger partial charge in [-0.2, -0.15) is 9.40 Å². The van der Waals surface area contributed by atoms with Gasteiger partial charge in [-0.25, -0.2) is 18.1 Å². The first-order chi connectivity index (χ1) is 14.4. The molecule has 0 aliphatic rings. The lowest BCUT2D eigenvalue weighted by atomic mass is 10.1. The summed E-state index contributed by atoms with van der Waals surface area (Å²) in [4.78, 5) is 16.8.